The number of rotatable bonds is 1. The van der Waals surface area contributed by atoms with Crippen LogP contribution in [0.4, 0.5) is 0 Å². The molecule has 0 bridgehead atoms. The molecule has 4 rings (SSSR count). The van der Waals surface area contributed by atoms with Gasteiger partial charge in [0.2, 0.25) is 0 Å². The number of thioether (sulfide) groups is 4. The summed E-state index contributed by atoms with van der Waals surface area (Å²) in [5.41, 5.74) is 0. The van der Waals surface area contributed by atoms with Gasteiger partial charge >= 0.3 is 0 Å². The number of hydrogen-bond donors (Lipinski definition) is 0. The summed E-state index contributed by atoms with van der Waals surface area (Å²) in [4.78, 5) is 12.4. The molecule has 2 unspecified atom stereocenters. The van der Waals surface area contributed by atoms with Gasteiger partial charge in [-0.15, -0.1) is 69.7 Å². The second-order valence-corrected chi connectivity index (χ2v) is 13.1. The Bertz CT molecular complexity index is 726. The maximum absolute atomic E-state index is 2.38. The van der Waals surface area contributed by atoms with Crippen molar-refractivity contribution in [1.29, 1.82) is 0 Å². The average molecular weight is 403 g/mol. The summed E-state index contributed by atoms with van der Waals surface area (Å²) >= 11 is 12.4. The topological polar surface area (TPSA) is 0 Å². The molecule has 0 amide bonds. The van der Waals surface area contributed by atoms with Gasteiger partial charge in [-0.05, 0) is 13.8 Å². The molecule has 0 saturated carbocycles. The van der Waals surface area contributed by atoms with Crippen molar-refractivity contribution in [3.05, 3.63) is 9.75 Å². The molecule has 6 heteroatoms. The molecule has 0 nitrogen and oxygen atoms in total. The van der Waals surface area contributed by atoms with E-state index in [-0.39, 0.29) is 0 Å². The van der Waals surface area contributed by atoms with Gasteiger partial charge in [-0.2, -0.15) is 0 Å². The molecule has 2 aromatic heterocycles. The van der Waals surface area contributed by atoms with Crippen molar-refractivity contribution in [3.8, 4) is 9.75 Å². The van der Waals surface area contributed by atoms with Crippen LogP contribution in [-0.2, 0) is 0 Å². The Balaban J connectivity index is 1.87. The molecule has 0 N–H and O–H groups in total. The molecular formula is C16H18S6. The van der Waals surface area contributed by atoms with Crippen LogP contribution in [0.15, 0.2) is 19.6 Å². The monoisotopic (exact) mass is 402 g/mol. The van der Waals surface area contributed by atoms with Crippen LogP contribution in [0.5, 0.6) is 0 Å². The maximum Gasteiger partial charge on any atom is 0.0605 e. The van der Waals surface area contributed by atoms with Gasteiger partial charge in [0.15, 0.2) is 0 Å². The number of thiophene rings is 2. The molecular weight excluding hydrogens is 385 g/mol. The van der Waals surface area contributed by atoms with E-state index in [1.807, 2.05) is 22.7 Å². The van der Waals surface area contributed by atoms with Crippen molar-refractivity contribution in [3.63, 3.8) is 0 Å². The van der Waals surface area contributed by atoms with Crippen LogP contribution in [0.25, 0.3) is 9.75 Å². The lowest BCUT2D eigenvalue weighted by atomic mass is 10.3. The number of hydrogen-bond acceptors (Lipinski definition) is 6. The summed E-state index contributed by atoms with van der Waals surface area (Å²) in [6.45, 7) is 9.34. The lowest BCUT2D eigenvalue weighted by molar-refractivity contribution is 0.910. The van der Waals surface area contributed by atoms with Crippen molar-refractivity contribution >= 4 is 69.7 Å². The molecule has 2 aliphatic heterocycles. The molecule has 2 aliphatic rings. The fourth-order valence-corrected chi connectivity index (χ4v) is 11.2. The number of aryl methyl sites for hydroxylation is 2. The third kappa shape index (κ3) is 2.62. The van der Waals surface area contributed by atoms with Gasteiger partial charge in [0, 0.05) is 51.3 Å². The predicted octanol–water partition coefficient (Wildman–Crippen LogP) is 7.27. The normalized spacial score (nSPS) is 24.2. The molecule has 0 spiro atoms. The summed E-state index contributed by atoms with van der Waals surface area (Å²) < 4.78 is 0. The molecule has 0 saturated heterocycles. The minimum atomic E-state index is 0.698. The molecule has 0 aliphatic carbocycles. The van der Waals surface area contributed by atoms with Crippen LogP contribution in [-0.4, -0.2) is 22.0 Å². The third-order valence-electron chi connectivity index (χ3n) is 4.03. The van der Waals surface area contributed by atoms with E-state index in [0.29, 0.717) is 10.5 Å². The standard InChI is InChI=1S/C16H18S6/c1-7-8(2)20-14-12(19-7)10(4)22-16(14)15-13-11(9(3)21-15)17-5-6-18-13/h7-8H,5-6H2,1-4H3. The summed E-state index contributed by atoms with van der Waals surface area (Å²) in [5, 5.41) is 1.41. The molecule has 2 aromatic rings. The zero-order valence-electron chi connectivity index (χ0n) is 13.0. The SMILES string of the molecule is Cc1sc(-c2sc(C)c3c2SC(C)C(C)S3)c2c1SCCS2. The Morgan fingerprint density at radius 2 is 1.18 bits per heavy atom. The summed E-state index contributed by atoms with van der Waals surface area (Å²) in [7, 11) is 0. The first-order valence-electron chi connectivity index (χ1n) is 7.42. The maximum atomic E-state index is 2.38. The van der Waals surface area contributed by atoms with E-state index in [4.69, 9.17) is 0 Å². The van der Waals surface area contributed by atoms with Crippen LogP contribution in [0.3, 0.4) is 0 Å². The van der Waals surface area contributed by atoms with Crippen LogP contribution < -0.4 is 0 Å². The zero-order chi connectivity index (χ0) is 15.4. The van der Waals surface area contributed by atoms with E-state index >= 15 is 0 Å². The fraction of sp³-hybridized carbons (Fsp3) is 0.500. The van der Waals surface area contributed by atoms with Crippen LogP contribution in [0.2, 0.25) is 0 Å². The van der Waals surface area contributed by atoms with Gasteiger partial charge < -0.3 is 0 Å². The fourth-order valence-electron chi connectivity index (χ4n) is 2.71. The average Bonchev–Trinajstić information content (AvgIpc) is 2.99. The van der Waals surface area contributed by atoms with E-state index in [0.717, 1.165) is 0 Å². The Kier molecular flexibility index (Phi) is 4.64. The molecule has 2 atom stereocenters. The first-order valence-corrected chi connectivity index (χ1v) is 12.8. The van der Waals surface area contributed by atoms with E-state index in [1.54, 1.807) is 29.3 Å². The first-order chi connectivity index (χ1) is 10.6. The smallest absolute Gasteiger partial charge is 0.0605 e. The van der Waals surface area contributed by atoms with Crippen molar-refractivity contribution in [1.82, 2.24) is 0 Å². The highest BCUT2D eigenvalue weighted by atomic mass is 32.2. The van der Waals surface area contributed by atoms with Gasteiger partial charge in [0.1, 0.15) is 0 Å². The second-order valence-electron chi connectivity index (χ2n) is 5.63. The lowest BCUT2D eigenvalue weighted by Crippen LogP contribution is -2.15. The Hall–Kier alpha value is 0.800. The molecule has 0 radical (unpaired) electrons. The summed E-state index contributed by atoms with van der Waals surface area (Å²) in [6, 6.07) is 0. The van der Waals surface area contributed by atoms with Gasteiger partial charge in [-0.3, -0.25) is 0 Å². The Labute approximate surface area is 157 Å². The third-order valence-corrected chi connectivity index (χ3v) is 12.9. The molecule has 4 heterocycles. The van der Waals surface area contributed by atoms with E-state index < -0.39 is 0 Å². The van der Waals surface area contributed by atoms with E-state index in [9.17, 15) is 0 Å². The van der Waals surface area contributed by atoms with Crippen molar-refractivity contribution in [2.24, 2.45) is 0 Å². The summed E-state index contributed by atoms with van der Waals surface area (Å²) in [6.07, 6.45) is 0. The summed E-state index contributed by atoms with van der Waals surface area (Å²) in [5.74, 6) is 2.51. The minimum Gasteiger partial charge on any atom is -0.137 e. The minimum absolute atomic E-state index is 0.698. The van der Waals surface area contributed by atoms with Crippen molar-refractivity contribution in [2.45, 2.75) is 57.8 Å². The Morgan fingerprint density at radius 3 is 1.86 bits per heavy atom. The largest absolute Gasteiger partial charge is 0.137 e. The molecule has 0 fully saturated rings. The predicted molar refractivity (Wildman–Crippen MR) is 109 cm³/mol. The first kappa shape index (κ1) is 16.3. The Morgan fingerprint density at radius 1 is 0.682 bits per heavy atom. The van der Waals surface area contributed by atoms with Gasteiger partial charge in [0.25, 0.3) is 0 Å². The van der Waals surface area contributed by atoms with Crippen molar-refractivity contribution < 1.29 is 0 Å². The van der Waals surface area contributed by atoms with Crippen molar-refractivity contribution in [2.75, 3.05) is 11.5 Å². The van der Waals surface area contributed by atoms with Crippen LogP contribution in [0.1, 0.15) is 23.6 Å². The highest BCUT2D eigenvalue weighted by Crippen LogP contribution is 2.58. The van der Waals surface area contributed by atoms with E-state index in [2.05, 4.69) is 74.7 Å². The lowest BCUT2D eigenvalue weighted by Gasteiger charge is -2.26. The number of fused-ring (bicyclic) bond motifs is 2. The molecule has 118 valence electrons. The zero-order valence-corrected chi connectivity index (χ0v) is 17.9. The quantitative estimate of drug-likeness (QED) is 0.492. The van der Waals surface area contributed by atoms with Crippen LogP contribution in [0, 0.1) is 13.8 Å². The molecule has 22 heavy (non-hydrogen) atoms. The highest BCUT2D eigenvalue weighted by molar-refractivity contribution is 8.07. The molecule has 0 aromatic carbocycles. The van der Waals surface area contributed by atoms with E-state index in [1.165, 1.54) is 21.3 Å². The van der Waals surface area contributed by atoms with Gasteiger partial charge in [-0.1, -0.05) is 13.8 Å². The van der Waals surface area contributed by atoms with Crippen LogP contribution >= 0.6 is 69.7 Å². The van der Waals surface area contributed by atoms with Gasteiger partial charge in [-0.25, -0.2) is 0 Å². The highest BCUT2D eigenvalue weighted by Gasteiger charge is 2.32. The second kappa shape index (κ2) is 6.26. The van der Waals surface area contributed by atoms with Gasteiger partial charge in [0.05, 0.1) is 9.75 Å².